The molecule has 0 saturated carbocycles. The molecule has 1 unspecified atom stereocenters. The number of carbonyl (C=O) groups is 2. The number of nitrogens with one attached hydrogen (secondary N) is 1. The zero-order valence-electron chi connectivity index (χ0n) is 14.3. The van der Waals surface area contributed by atoms with Gasteiger partial charge in [-0.2, -0.15) is 0 Å². The van der Waals surface area contributed by atoms with Crippen molar-refractivity contribution < 1.29 is 14.7 Å². The van der Waals surface area contributed by atoms with Crippen molar-refractivity contribution in [3.05, 3.63) is 16.6 Å². The van der Waals surface area contributed by atoms with E-state index in [0.29, 0.717) is 19.0 Å². The van der Waals surface area contributed by atoms with Gasteiger partial charge in [0, 0.05) is 37.8 Å². The van der Waals surface area contributed by atoms with Gasteiger partial charge in [0.15, 0.2) is 0 Å². The fraction of sp³-hybridized carbons (Fsp3) is 0.688. The Kier molecular flexibility index (Phi) is 7.14. The van der Waals surface area contributed by atoms with Crippen LogP contribution in [0.15, 0.2) is 11.6 Å². The monoisotopic (exact) mass is 354 g/mol. The predicted octanol–water partition coefficient (Wildman–Crippen LogP) is 0.311. The lowest BCUT2D eigenvalue weighted by molar-refractivity contribution is -0.139. The van der Waals surface area contributed by atoms with Crippen LogP contribution < -0.4 is 5.32 Å². The van der Waals surface area contributed by atoms with Crippen LogP contribution in [0.3, 0.4) is 0 Å². The van der Waals surface area contributed by atoms with Gasteiger partial charge in [0.2, 0.25) is 11.8 Å². The van der Waals surface area contributed by atoms with Crippen molar-refractivity contribution in [3.8, 4) is 0 Å². The Morgan fingerprint density at radius 2 is 2.38 bits per heavy atom. The summed E-state index contributed by atoms with van der Waals surface area (Å²) in [5.74, 6) is 0.209. The first-order chi connectivity index (χ1) is 11.5. The van der Waals surface area contributed by atoms with Crippen molar-refractivity contribution in [1.29, 1.82) is 0 Å². The maximum atomic E-state index is 12.7. The second-order valence-corrected chi connectivity index (χ2v) is 7.34. The summed E-state index contributed by atoms with van der Waals surface area (Å²) in [4.78, 5) is 32.8. The third-order valence-electron chi connectivity index (χ3n) is 3.94. The maximum absolute atomic E-state index is 12.7. The summed E-state index contributed by atoms with van der Waals surface area (Å²) in [7, 11) is 0. The number of aromatic nitrogens is 1. The van der Waals surface area contributed by atoms with Crippen molar-refractivity contribution in [2.75, 3.05) is 32.8 Å². The molecule has 0 spiro atoms. The van der Waals surface area contributed by atoms with Gasteiger partial charge in [-0.3, -0.25) is 14.5 Å². The minimum absolute atomic E-state index is 0.0894. The number of hydrogen-bond donors (Lipinski definition) is 2. The average Bonchev–Trinajstić information content (AvgIpc) is 3.02. The van der Waals surface area contributed by atoms with Gasteiger partial charge in [-0.1, -0.05) is 13.8 Å². The van der Waals surface area contributed by atoms with E-state index in [9.17, 15) is 14.7 Å². The number of thiazole rings is 1. The molecule has 0 aliphatic carbocycles. The Bertz CT molecular complexity index is 535. The molecule has 2 amide bonds. The maximum Gasteiger partial charge on any atom is 0.237 e. The summed E-state index contributed by atoms with van der Waals surface area (Å²) in [5.41, 5.74) is 0. The highest BCUT2D eigenvalue weighted by Gasteiger charge is 2.33. The minimum atomic E-state index is -0.439. The lowest BCUT2D eigenvalue weighted by atomic mass is 10.1. The number of rotatable bonds is 8. The van der Waals surface area contributed by atoms with Crippen LogP contribution in [-0.2, 0) is 16.1 Å². The van der Waals surface area contributed by atoms with Crippen molar-refractivity contribution >= 4 is 23.2 Å². The van der Waals surface area contributed by atoms with Crippen molar-refractivity contribution in [3.63, 3.8) is 0 Å². The summed E-state index contributed by atoms with van der Waals surface area (Å²) in [6.07, 6.45) is 1.82. The van der Waals surface area contributed by atoms with Gasteiger partial charge in [0.1, 0.15) is 5.01 Å². The van der Waals surface area contributed by atoms with E-state index in [4.69, 9.17) is 0 Å². The quantitative estimate of drug-likeness (QED) is 0.702. The van der Waals surface area contributed by atoms with Crippen LogP contribution in [0.25, 0.3) is 0 Å². The van der Waals surface area contributed by atoms with E-state index in [1.807, 2.05) is 5.38 Å². The van der Waals surface area contributed by atoms with E-state index in [1.165, 1.54) is 11.3 Å². The predicted molar refractivity (Wildman–Crippen MR) is 92.4 cm³/mol. The average molecular weight is 354 g/mol. The fourth-order valence-electron chi connectivity index (χ4n) is 2.87. The number of amides is 2. The highest BCUT2D eigenvalue weighted by atomic mass is 32.1. The van der Waals surface area contributed by atoms with Crippen LogP contribution in [0.4, 0.5) is 0 Å². The lowest BCUT2D eigenvalue weighted by Gasteiger charge is -2.36. The minimum Gasteiger partial charge on any atom is -0.395 e. The lowest BCUT2D eigenvalue weighted by Crippen LogP contribution is -2.57. The Hall–Kier alpha value is -1.51. The van der Waals surface area contributed by atoms with E-state index < -0.39 is 6.04 Å². The summed E-state index contributed by atoms with van der Waals surface area (Å²) in [5, 5.41) is 14.8. The third-order valence-corrected chi connectivity index (χ3v) is 4.71. The summed E-state index contributed by atoms with van der Waals surface area (Å²) >= 11 is 1.47. The molecule has 134 valence electrons. The molecular weight excluding hydrogens is 328 g/mol. The van der Waals surface area contributed by atoms with Gasteiger partial charge in [-0.15, -0.1) is 11.3 Å². The molecule has 8 heteroatoms. The van der Waals surface area contributed by atoms with E-state index in [0.717, 1.165) is 18.1 Å². The smallest absolute Gasteiger partial charge is 0.237 e. The van der Waals surface area contributed by atoms with Crippen LogP contribution in [0.1, 0.15) is 25.3 Å². The van der Waals surface area contributed by atoms with Gasteiger partial charge in [0.25, 0.3) is 0 Å². The molecule has 0 aromatic carbocycles. The molecule has 2 N–H and O–H groups in total. The summed E-state index contributed by atoms with van der Waals surface area (Å²) < 4.78 is 0. The van der Waals surface area contributed by atoms with Crippen molar-refractivity contribution in [2.24, 2.45) is 5.92 Å². The first-order valence-electron chi connectivity index (χ1n) is 8.30. The van der Waals surface area contributed by atoms with E-state index in [-0.39, 0.29) is 31.4 Å². The van der Waals surface area contributed by atoms with Crippen molar-refractivity contribution in [1.82, 2.24) is 20.1 Å². The van der Waals surface area contributed by atoms with Gasteiger partial charge in [-0.05, 0) is 5.92 Å². The molecule has 1 fully saturated rings. The SMILES string of the molecule is CC(C)CN1CCNC(=O)C1CC(=O)N(CCO)Cc1nccs1. The molecule has 1 saturated heterocycles. The highest BCUT2D eigenvalue weighted by molar-refractivity contribution is 7.09. The van der Waals surface area contributed by atoms with E-state index in [2.05, 4.69) is 29.0 Å². The second-order valence-electron chi connectivity index (χ2n) is 6.36. The molecule has 1 aliphatic heterocycles. The van der Waals surface area contributed by atoms with Crippen LogP contribution in [0, 0.1) is 5.92 Å². The topological polar surface area (TPSA) is 85.8 Å². The Labute approximate surface area is 146 Å². The Morgan fingerprint density at radius 3 is 3.00 bits per heavy atom. The molecule has 1 aromatic rings. The molecule has 1 aromatic heterocycles. The molecule has 1 atom stereocenters. The van der Waals surface area contributed by atoms with E-state index >= 15 is 0 Å². The number of aliphatic hydroxyl groups is 1. The molecule has 2 rings (SSSR count). The van der Waals surface area contributed by atoms with Crippen LogP contribution in [0.2, 0.25) is 0 Å². The van der Waals surface area contributed by atoms with Crippen LogP contribution >= 0.6 is 11.3 Å². The zero-order valence-corrected chi connectivity index (χ0v) is 15.1. The molecule has 24 heavy (non-hydrogen) atoms. The second kappa shape index (κ2) is 9.10. The summed E-state index contributed by atoms with van der Waals surface area (Å²) in [6.45, 7) is 6.88. The summed E-state index contributed by atoms with van der Waals surface area (Å²) in [6, 6.07) is -0.439. The Morgan fingerprint density at radius 1 is 1.58 bits per heavy atom. The zero-order chi connectivity index (χ0) is 17.5. The number of aliphatic hydroxyl groups excluding tert-OH is 1. The highest BCUT2D eigenvalue weighted by Crippen LogP contribution is 2.15. The Balaban J connectivity index is 2.03. The molecule has 2 heterocycles. The fourth-order valence-corrected chi connectivity index (χ4v) is 3.50. The molecule has 0 radical (unpaired) electrons. The first kappa shape index (κ1) is 18.8. The van der Waals surface area contributed by atoms with Gasteiger partial charge in [-0.25, -0.2) is 4.98 Å². The van der Waals surface area contributed by atoms with Crippen LogP contribution in [-0.4, -0.2) is 70.5 Å². The van der Waals surface area contributed by atoms with Gasteiger partial charge in [0.05, 0.1) is 25.6 Å². The van der Waals surface area contributed by atoms with Gasteiger partial charge < -0.3 is 15.3 Å². The van der Waals surface area contributed by atoms with E-state index in [1.54, 1.807) is 11.1 Å². The molecular formula is C16H26N4O3S. The number of hydrogen-bond acceptors (Lipinski definition) is 6. The number of carbonyl (C=O) groups excluding carboxylic acids is 2. The van der Waals surface area contributed by atoms with Crippen LogP contribution in [0.5, 0.6) is 0 Å². The third kappa shape index (κ3) is 5.25. The number of nitrogens with zero attached hydrogens (tertiary/aromatic N) is 3. The van der Waals surface area contributed by atoms with Gasteiger partial charge >= 0.3 is 0 Å². The molecule has 7 nitrogen and oxygen atoms in total. The number of piperazine rings is 1. The normalized spacial score (nSPS) is 18.7. The first-order valence-corrected chi connectivity index (χ1v) is 9.18. The standard InChI is InChI=1S/C16H26N4O3S/c1-12(2)10-19-5-3-18-16(23)13(19)9-15(22)20(6-7-21)11-14-17-4-8-24-14/h4,8,12-13,21H,3,5-7,9-11H2,1-2H3,(H,18,23). The molecule has 0 bridgehead atoms. The van der Waals surface area contributed by atoms with Crippen molar-refractivity contribution in [2.45, 2.75) is 32.9 Å². The largest absolute Gasteiger partial charge is 0.395 e. The molecule has 1 aliphatic rings.